The number of hydrogen-bond donors (Lipinski definition) is 2. The Labute approximate surface area is 174 Å². The lowest BCUT2D eigenvalue weighted by Crippen LogP contribution is -2.25. The van der Waals surface area contributed by atoms with E-state index in [0.29, 0.717) is 24.8 Å². The van der Waals surface area contributed by atoms with Gasteiger partial charge in [0.1, 0.15) is 0 Å². The van der Waals surface area contributed by atoms with Gasteiger partial charge < -0.3 is 15.4 Å². The summed E-state index contributed by atoms with van der Waals surface area (Å²) in [6.45, 7) is 1.23. The molecule has 1 saturated carbocycles. The minimum absolute atomic E-state index is 0.0125. The molecular weight excluding hydrogens is 378 g/mol. The van der Waals surface area contributed by atoms with E-state index in [9.17, 15) is 4.79 Å². The fraction of sp³-hybridized carbons (Fsp3) is 0.261. The number of ether oxygens (including phenoxy) is 1. The van der Waals surface area contributed by atoms with Crippen LogP contribution in [-0.2, 0) is 4.74 Å². The lowest BCUT2D eigenvalue weighted by Gasteiger charge is -2.11. The molecule has 0 aliphatic heterocycles. The first-order valence-electron chi connectivity index (χ1n) is 10.1. The highest BCUT2D eigenvalue weighted by Gasteiger charge is 2.23. The quantitative estimate of drug-likeness (QED) is 0.463. The number of aromatic nitrogens is 3. The molecule has 7 nitrogen and oxygen atoms in total. The molecule has 2 N–H and O–H groups in total. The van der Waals surface area contributed by atoms with Crippen molar-refractivity contribution < 1.29 is 9.53 Å². The minimum Gasteiger partial charge on any atom is -0.383 e. The van der Waals surface area contributed by atoms with Gasteiger partial charge in [-0.25, -0.2) is 9.97 Å². The number of carbonyl (C=O) groups is 1. The highest BCUT2D eigenvalue weighted by atomic mass is 16.5. The Morgan fingerprint density at radius 1 is 1.17 bits per heavy atom. The third-order valence-electron chi connectivity index (χ3n) is 5.28. The van der Waals surface area contributed by atoms with Crippen LogP contribution in [0, 0.1) is 0 Å². The van der Waals surface area contributed by atoms with E-state index < -0.39 is 0 Å². The summed E-state index contributed by atoms with van der Waals surface area (Å²) in [5, 5.41) is 6.35. The highest BCUT2D eigenvalue weighted by Crippen LogP contribution is 2.28. The van der Waals surface area contributed by atoms with Crippen LogP contribution < -0.4 is 10.6 Å². The summed E-state index contributed by atoms with van der Waals surface area (Å²) in [6.07, 6.45) is 4.01. The largest absolute Gasteiger partial charge is 0.383 e. The number of nitrogens with zero attached hydrogens (tertiary/aromatic N) is 3. The second kappa shape index (κ2) is 7.76. The molecule has 0 atom stereocenters. The van der Waals surface area contributed by atoms with Crippen LogP contribution in [-0.4, -0.2) is 46.6 Å². The molecule has 2 heterocycles. The van der Waals surface area contributed by atoms with E-state index >= 15 is 0 Å². The van der Waals surface area contributed by atoms with E-state index in [0.717, 1.165) is 46.6 Å². The lowest BCUT2D eigenvalue weighted by molar-refractivity contribution is 0.0951. The Morgan fingerprint density at radius 3 is 2.73 bits per heavy atom. The third-order valence-corrected chi connectivity index (χ3v) is 5.28. The zero-order chi connectivity index (χ0) is 20.5. The van der Waals surface area contributed by atoms with E-state index in [-0.39, 0.29) is 5.91 Å². The zero-order valence-electron chi connectivity index (χ0n) is 16.8. The van der Waals surface area contributed by atoms with Crippen molar-refractivity contribution in [1.29, 1.82) is 0 Å². The van der Waals surface area contributed by atoms with Gasteiger partial charge in [-0.05, 0) is 37.1 Å². The molecule has 5 rings (SSSR count). The topological polar surface area (TPSA) is 80.5 Å². The number of carbonyl (C=O) groups excluding carboxylic acids is 1. The maximum atomic E-state index is 12.3. The second-order valence-electron chi connectivity index (χ2n) is 7.50. The molecule has 1 fully saturated rings. The number of rotatable bonds is 7. The molecule has 1 aliphatic rings. The summed E-state index contributed by atoms with van der Waals surface area (Å²) in [6, 6.07) is 16.0. The van der Waals surface area contributed by atoms with E-state index in [1.165, 1.54) is 0 Å². The van der Waals surface area contributed by atoms with E-state index in [2.05, 4.69) is 20.0 Å². The number of fused-ring (bicyclic) bond motifs is 3. The van der Waals surface area contributed by atoms with Gasteiger partial charge in [0, 0.05) is 30.8 Å². The molecule has 0 bridgehead atoms. The van der Waals surface area contributed by atoms with Crippen molar-refractivity contribution in [2.75, 3.05) is 25.6 Å². The van der Waals surface area contributed by atoms with Gasteiger partial charge in [-0.1, -0.05) is 24.3 Å². The predicted molar refractivity (Wildman–Crippen MR) is 117 cm³/mol. The van der Waals surface area contributed by atoms with Crippen LogP contribution in [0.3, 0.4) is 0 Å². The Balaban J connectivity index is 1.56. The Morgan fingerprint density at radius 2 is 1.97 bits per heavy atom. The Kier molecular flexibility index (Phi) is 4.80. The van der Waals surface area contributed by atoms with Crippen LogP contribution in [0.2, 0.25) is 0 Å². The molecule has 2 aromatic heterocycles. The first-order valence-corrected chi connectivity index (χ1v) is 10.1. The van der Waals surface area contributed by atoms with Gasteiger partial charge in [-0.2, -0.15) is 0 Å². The van der Waals surface area contributed by atoms with Crippen LogP contribution in [0.5, 0.6) is 0 Å². The van der Waals surface area contributed by atoms with Crippen LogP contribution in [0.1, 0.15) is 23.2 Å². The van der Waals surface area contributed by atoms with Crippen molar-refractivity contribution in [1.82, 2.24) is 19.7 Å². The van der Waals surface area contributed by atoms with Crippen molar-refractivity contribution in [2.45, 2.75) is 18.9 Å². The average molecular weight is 401 g/mol. The zero-order valence-corrected chi connectivity index (χ0v) is 16.8. The van der Waals surface area contributed by atoms with E-state index in [4.69, 9.17) is 9.72 Å². The Bertz CT molecular complexity index is 1210. The summed E-state index contributed by atoms with van der Waals surface area (Å²) in [4.78, 5) is 21.7. The maximum Gasteiger partial charge on any atom is 0.251 e. The van der Waals surface area contributed by atoms with Crippen molar-refractivity contribution in [3.63, 3.8) is 0 Å². The van der Waals surface area contributed by atoms with Crippen LogP contribution in [0.15, 0.2) is 54.7 Å². The molecular formula is C23H23N5O2. The second-order valence-corrected chi connectivity index (χ2v) is 7.50. The number of imidazole rings is 1. The van der Waals surface area contributed by atoms with Gasteiger partial charge >= 0.3 is 0 Å². The molecule has 2 aromatic carbocycles. The number of benzene rings is 2. The van der Waals surface area contributed by atoms with Gasteiger partial charge in [-0.15, -0.1) is 0 Å². The smallest absolute Gasteiger partial charge is 0.251 e. The summed E-state index contributed by atoms with van der Waals surface area (Å²) in [7, 11) is 1.67. The van der Waals surface area contributed by atoms with Crippen molar-refractivity contribution in [3.8, 4) is 11.3 Å². The normalized spacial score (nSPS) is 13.6. The van der Waals surface area contributed by atoms with Gasteiger partial charge in [0.15, 0.2) is 11.5 Å². The summed E-state index contributed by atoms with van der Waals surface area (Å²) < 4.78 is 7.25. The first kappa shape index (κ1) is 18.6. The van der Waals surface area contributed by atoms with Gasteiger partial charge in [-0.3, -0.25) is 9.20 Å². The molecule has 7 heteroatoms. The standard InChI is InChI=1S/C23H23N5O2/c1-30-13-12-24-21-22-25-14-20(28(22)19-5-3-2-4-18(19)27-21)15-6-8-16(9-7-15)23(29)26-17-10-11-17/h2-9,14,17H,10-13H2,1H3,(H,24,27)(H,26,29). The van der Waals surface area contributed by atoms with Crippen molar-refractivity contribution in [3.05, 3.63) is 60.3 Å². The summed E-state index contributed by atoms with van der Waals surface area (Å²) in [5.41, 5.74) is 5.23. The number of methoxy groups -OCH3 is 1. The number of amides is 1. The molecule has 1 aliphatic carbocycles. The Hall–Kier alpha value is -3.45. The van der Waals surface area contributed by atoms with Gasteiger partial charge in [0.25, 0.3) is 5.91 Å². The van der Waals surface area contributed by atoms with Crippen molar-refractivity contribution >= 4 is 28.4 Å². The monoisotopic (exact) mass is 401 g/mol. The van der Waals surface area contributed by atoms with Crippen molar-refractivity contribution in [2.24, 2.45) is 0 Å². The molecule has 0 saturated heterocycles. The van der Waals surface area contributed by atoms with Crippen LogP contribution >= 0.6 is 0 Å². The van der Waals surface area contributed by atoms with Crippen LogP contribution in [0.4, 0.5) is 5.82 Å². The fourth-order valence-corrected chi connectivity index (χ4v) is 3.56. The number of anilines is 1. The van der Waals surface area contributed by atoms with Gasteiger partial charge in [0.05, 0.1) is 29.5 Å². The molecule has 0 unspecified atom stereocenters. The molecule has 0 spiro atoms. The fourth-order valence-electron chi connectivity index (χ4n) is 3.56. The van der Waals surface area contributed by atoms with E-state index in [1.54, 1.807) is 7.11 Å². The molecule has 1 amide bonds. The summed E-state index contributed by atoms with van der Waals surface area (Å²) >= 11 is 0. The lowest BCUT2D eigenvalue weighted by atomic mass is 10.1. The molecule has 4 aromatic rings. The molecule has 30 heavy (non-hydrogen) atoms. The molecule has 0 radical (unpaired) electrons. The minimum atomic E-state index is -0.0125. The number of hydrogen-bond acceptors (Lipinski definition) is 5. The average Bonchev–Trinajstić information content (AvgIpc) is 3.48. The maximum absolute atomic E-state index is 12.3. The highest BCUT2D eigenvalue weighted by molar-refractivity contribution is 5.95. The van der Waals surface area contributed by atoms with Crippen LogP contribution in [0.25, 0.3) is 27.9 Å². The molecule has 152 valence electrons. The first-order chi connectivity index (χ1) is 14.7. The van der Waals surface area contributed by atoms with E-state index in [1.807, 2.05) is 54.7 Å². The predicted octanol–water partition coefficient (Wildman–Crippen LogP) is 3.50. The third kappa shape index (κ3) is 3.48. The summed E-state index contributed by atoms with van der Waals surface area (Å²) in [5.74, 6) is 0.707. The number of nitrogens with one attached hydrogen (secondary N) is 2. The number of para-hydroxylation sites is 2. The SMILES string of the molecule is COCCNc1nc2ccccc2n2c(-c3ccc(C(=O)NC4CC4)cc3)cnc12. The van der Waals surface area contributed by atoms with Gasteiger partial charge in [0.2, 0.25) is 0 Å².